The largest absolute Gasteiger partial charge is 0.0622 e. The van der Waals surface area contributed by atoms with E-state index >= 15 is 0 Å². The quantitative estimate of drug-likeness (QED) is 0.162. The van der Waals surface area contributed by atoms with Crippen molar-refractivity contribution in [3.05, 3.63) is 192 Å². The van der Waals surface area contributed by atoms with Gasteiger partial charge in [-0.25, -0.2) is 0 Å². The molecule has 54 heavy (non-hydrogen) atoms. The first-order valence-electron chi connectivity index (χ1n) is 19.3. The van der Waals surface area contributed by atoms with Gasteiger partial charge in [0, 0.05) is 10.8 Å². The van der Waals surface area contributed by atoms with Gasteiger partial charge in [-0.3, -0.25) is 0 Å². The van der Waals surface area contributed by atoms with E-state index in [-0.39, 0.29) is 10.8 Å². The molecule has 0 aliphatic heterocycles. The van der Waals surface area contributed by atoms with Crippen molar-refractivity contribution in [1.82, 2.24) is 0 Å². The summed E-state index contributed by atoms with van der Waals surface area (Å²) < 4.78 is 0. The fourth-order valence-corrected chi connectivity index (χ4v) is 10.1. The molecule has 0 radical (unpaired) electrons. The van der Waals surface area contributed by atoms with Crippen molar-refractivity contribution < 1.29 is 0 Å². The molecule has 2 aliphatic rings. The first-order chi connectivity index (χ1) is 26.3. The van der Waals surface area contributed by atoms with E-state index in [2.05, 4.69) is 198 Å². The molecule has 0 heteroatoms. The SMILES string of the molecule is CC1(C)c2ccccc2-c2cc3c(cc21)C(C)(C)c1ccc(-c2ccc4cc(-c5c6ccccc6c(-c6ccccc6)c6ccccc56)ccc4c2)cc1-3. The molecule has 2 aliphatic carbocycles. The second-order valence-corrected chi connectivity index (χ2v) is 16.5. The summed E-state index contributed by atoms with van der Waals surface area (Å²) >= 11 is 0. The van der Waals surface area contributed by atoms with Crippen molar-refractivity contribution in [2.75, 3.05) is 0 Å². The van der Waals surface area contributed by atoms with Crippen LogP contribution in [0.2, 0.25) is 0 Å². The Hall–Kier alpha value is -6.24. The highest BCUT2D eigenvalue weighted by atomic mass is 14.4. The van der Waals surface area contributed by atoms with E-state index in [1.807, 2.05) is 0 Å². The lowest BCUT2D eigenvalue weighted by molar-refractivity contribution is 0.639. The molecule has 0 nitrogen and oxygen atoms in total. The summed E-state index contributed by atoms with van der Waals surface area (Å²) in [5, 5.41) is 7.64. The van der Waals surface area contributed by atoms with E-state index in [0.29, 0.717) is 0 Å². The van der Waals surface area contributed by atoms with Gasteiger partial charge in [-0.1, -0.05) is 173 Å². The van der Waals surface area contributed by atoms with Gasteiger partial charge < -0.3 is 0 Å². The van der Waals surface area contributed by atoms with Gasteiger partial charge >= 0.3 is 0 Å². The molecule has 0 fully saturated rings. The van der Waals surface area contributed by atoms with Crippen molar-refractivity contribution in [1.29, 1.82) is 0 Å². The van der Waals surface area contributed by atoms with Crippen LogP contribution in [-0.4, -0.2) is 0 Å². The van der Waals surface area contributed by atoms with Crippen LogP contribution in [0.1, 0.15) is 49.9 Å². The van der Waals surface area contributed by atoms with Crippen molar-refractivity contribution in [3.8, 4) is 55.6 Å². The lowest BCUT2D eigenvalue weighted by Gasteiger charge is -2.25. The normalized spacial score (nSPS) is 14.6. The summed E-state index contributed by atoms with van der Waals surface area (Å²) in [6.45, 7) is 9.56. The highest BCUT2D eigenvalue weighted by molar-refractivity contribution is 6.21. The molecule has 0 saturated carbocycles. The Bertz CT molecular complexity index is 2970. The van der Waals surface area contributed by atoms with Crippen LogP contribution in [0.5, 0.6) is 0 Å². The number of benzene rings is 9. The van der Waals surface area contributed by atoms with E-state index in [0.717, 1.165) is 0 Å². The molecule has 256 valence electrons. The third kappa shape index (κ3) is 4.32. The van der Waals surface area contributed by atoms with E-state index in [9.17, 15) is 0 Å². The summed E-state index contributed by atoms with van der Waals surface area (Å²) in [6.07, 6.45) is 0. The Morgan fingerprint density at radius 2 is 0.722 bits per heavy atom. The maximum atomic E-state index is 2.53. The average molecular weight is 689 g/mol. The van der Waals surface area contributed by atoms with E-state index in [1.54, 1.807) is 0 Å². The second kappa shape index (κ2) is 11.1. The van der Waals surface area contributed by atoms with Gasteiger partial charge in [-0.05, 0) is 134 Å². The van der Waals surface area contributed by atoms with Crippen molar-refractivity contribution in [2.45, 2.75) is 38.5 Å². The van der Waals surface area contributed by atoms with Crippen LogP contribution >= 0.6 is 0 Å². The number of fused-ring (bicyclic) bond motifs is 9. The van der Waals surface area contributed by atoms with Gasteiger partial charge in [0.15, 0.2) is 0 Å². The van der Waals surface area contributed by atoms with Crippen molar-refractivity contribution >= 4 is 32.3 Å². The first-order valence-corrected chi connectivity index (χ1v) is 19.3. The Morgan fingerprint density at radius 3 is 1.37 bits per heavy atom. The summed E-state index contributed by atoms with van der Waals surface area (Å²) in [6, 6.07) is 63.8. The molecule has 0 atom stereocenters. The molecule has 0 unspecified atom stereocenters. The maximum Gasteiger partial charge on any atom is 0.0158 e. The predicted octanol–water partition coefficient (Wildman–Crippen LogP) is 14.8. The molecular weight excluding hydrogens is 649 g/mol. The zero-order valence-corrected chi connectivity index (χ0v) is 31.2. The van der Waals surface area contributed by atoms with Gasteiger partial charge in [-0.2, -0.15) is 0 Å². The molecule has 0 spiro atoms. The third-order valence-corrected chi connectivity index (χ3v) is 12.8. The van der Waals surface area contributed by atoms with Crippen LogP contribution in [0.25, 0.3) is 88.0 Å². The van der Waals surface area contributed by atoms with Crippen LogP contribution in [0, 0.1) is 0 Å². The van der Waals surface area contributed by atoms with Gasteiger partial charge in [0.1, 0.15) is 0 Å². The summed E-state index contributed by atoms with van der Waals surface area (Å²) in [4.78, 5) is 0. The lowest BCUT2D eigenvalue weighted by atomic mass is 9.77. The molecule has 11 rings (SSSR count). The topological polar surface area (TPSA) is 0 Å². The summed E-state index contributed by atoms with van der Waals surface area (Å²) in [7, 11) is 0. The minimum Gasteiger partial charge on any atom is -0.0622 e. The Balaban J connectivity index is 1.03. The zero-order chi connectivity index (χ0) is 36.3. The molecule has 9 aromatic rings. The van der Waals surface area contributed by atoms with Crippen molar-refractivity contribution in [2.24, 2.45) is 0 Å². The molecule has 0 N–H and O–H groups in total. The van der Waals surface area contributed by atoms with Crippen LogP contribution in [0.3, 0.4) is 0 Å². The first kappa shape index (κ1) is 31.3. The standard InChI is InChI=1S/C54H40/c1-53(2)47-21-13-12-16-39(47)45-31-46-44-30-37(26-27-48(44)54(3,4)50(46)32-49(45)53)35-22-23-36-29-38(25-24-34(36)28-35)52-42-19-10-8-17-40(42)51(33-14-6-5-7-15-33)41-18-9-11-20-43(41)52/h5-32H,1-4H3. The Morgan fingerprint density at radius 1 is 0.278 bits per heavy atom. The monoisotopic (exact) mass is 688 g/mol. The zero-order valence-electron chi connectivity index (χ0n) is 31.2. The molecule has 0 aromatic heterocycles. The van der Waals surface area contributed by atoms with Gasteiger partial charge in [0.25, 0.3) is 0 Å². The summed E-state index contributed by atoms with van der Waals surface area (Å²) in [5.41, 5.74) is 18.8. The van der Waals surface area contributed by atoms with Crippen LogP contribution in [0.15, 0.2) is 170 Å². The fraction of sp³-hybridized carbons (Fsp3) is 0.111. The Labute approximate surface area is 317 Å². The average Bonchev–Trinajstić information content (AvgIpc) is 3.57. The predicted molar refractivity (Wildman–Crippen MR) is 230 cm³/mol. The van der Waals surface area contributed by atoms with Gasteiger partial charge in [0.2, 0.25) is 0 Å². The minimum absolute atomic E-state index is 0.00621. The highest BCUT2D eigenvalue weighted by Crippen LogP contribution is 2.56. The number of rotatable bonds is 3. The van der Waals surface area contributed by atoms with Crippen molar-refractivity contribution in [3.63, 3.8) is 0 Å². The number of hydrogen-bond donors (Lipinski definition) is 0. The van der Waals surface area contributed by atoms with E-state index < -0.39 is 0 Å². The van der Waals surface area contributed by atoms with E-state index in [1.165, 1.54) is 110 Å². The summed E-state index contributed by atoms with van der Waals surface area (Å²) in [5.74, 6) is 0. The smallest absolute Gasteiger partial charge is 0.0158 e. The van der Waals surface area contributed by atoms with Gasteiger partial charge in [0.05, 0.1) is 0 Å². The van der Waals surface area contributed by atoms with Crippen LogP contribution in [-0.2, 0) is 10.8 Å². The molecule has 9 aromatic carbocycles. The molecule has 0 heterocycles. The molecule has 0 amide bonds. The second-order valence-electron chi connectivity index (χ2n) is 16.5. The third-order valence-electron chi connectivity index (χ3n) is 12.8. The Kier molecular flexibility index (Phi) is 6.46. The van der Waals surface area contributed by atoms with Crippen LogP contribution < -0.4 is 0 Å². The fourth-order valence-electron chi connectivity index (χ4n) is 10.1. The molecule has 0 bridgehead atoms. The number of hydrogen-bond acceptors (Lipinski definition) is 0. The molecular formula is C54H40. The lowest BCUT2D eigenvalue weighted by Crippen LogP contribution is -2.18. The van der Waals surface area contributed by atoms with Crippen LogP contribution in [0.4, 0.5) is 0 Å². The molecule has 0 saturated heterocycles. The minimum atomic E-state index is -0.0590. The van der Waals surface area contributed by atoms with E-state index in [4.69, 9.17) is 0 Å². The highest BCUT2D eigenvalue weighted by Gasteiger charge is 2.41. The van der Waals surface area contributed by atoms with Gasteiger partial charge in [-0.15, -0.1) is 0 Å². The maximum absolute atomic E-state index is 2.53.